The van der Waals surface area contributed by atoms with Crippen LogP contribution in [0.4, 0.5) is 0 Å². The highest BCUT2D eigenvalue weighted by atomic mass is 16.2. The number of amides is 2. The van der Waals surface area contributed by atoms with E-state index in [1.165, 1.54) is 0 Å². The number of H-pyrrole nitrogens is 1. The zero-order valence-electron chi connectivity index (χ0n) is 13.8. The minimum absolute atomic E-state index is 0.0246. The minimum Gasteiger partial charge on any atom is -0.341 e. The molecule has 128 valence electrons. The summed E-state index contributed by atoms with van der Waals surface area (Å²) in [5, 5.41) is 4.18. The lowest BCUT2D eigenvalue weighted by Gasteiger charge is -2.23. The van der Waals surface area contributed by atoms with E-state index in [2.05, 4.69) is 15.1 Å². The van der Waals surface area contributed by atoms with E-state index in [4.69, 9.17) is 0 Å². The molecule has 2 amide bonds. The second-order valence-corrected chi connectivity index (χ2v) is 6.00. The fraction of sp³-hybridized carbons (Fsp3) is 0.500. The molecule has 1 saturated heterocycles. The summed E-state index contributed by atoms with van der Waals surface area (Å²) in [7, 11) is 0. The standard InChI is InChI=1S/C16H22N6O2/c1-13(22-9-2-4-19-22)12-14(23)20-7-3-8-21(11-10-20)16(24)15-17-5-6-18-15/h2,4-6,9,13H,3,7-8,10-12H2,1H3,(H,17,18). The highest BCUT2D eigenvalue weighted by Crippen LogP contribution is 2.13. The molecule has 0 bridgehead atoms. The fourth-order valence-electron chi connectivity index (χ4n) is 2.92. The number of nitrogens with one attached hydrogen (secondary N) is 1. The monoisotopic (exact) mass is 330 g/mol. The minimum atomic E-state index is -0.112. The Morgan fingerprint density at radius 1 is 1.21 bits per heavy atom. The maximum Gasteiger partial charge on any atom is 0.289 e. The van der Waals surface area contributed by atoms with Gasteiger partial charge >= 0.3 is 0 Å². The number of carbonyl (C=O) groups is 2. The summed E-state index contributed by atoms with van der Waals surface area (Å²) in [5.41, 5.74) is 0. The third-order valence-corrected chi connectivity index (χ3v) is 4.28. The largest absolute Gasteiger partial charge is 0.341 e. The molecule has 0 aliphatic carbocycles. The first kappa shape index (κ1) is 16.2. The molecule has 0 spiro atoms. The Bertz CT molecular complexity index is 667. The molecule has 0 aromatic carbocycles. The van der Waals surface area contributed by atoms with Crippen molar-refractivity contribution in [1.29, 1.82) is 0 Å². The van der Waals surface area contributed by atoms with Gasteiger partial charge in [0, 0.05) is 57.4 Å². The van der Waals surface area contributed by atoms with Gasteiger partial charge in [-0.05, 0) is 19.4 Å². The Kier molecular flexibility index (Phi) is 4.93. The molecule has 0 radical (unpaired) electrons. The van der Waals surface area contributed by atoms with Crippen molar-refractivity contribution in [3.63, 3.8) is 0 Å². The molecule has 1 fully saturated rings. The molecular formula is C16H22N6O2. The van der Waals surface area contributed by atoms with Gasteiger partial charge in [0.15, 0.2) is 5.82 Å². The van der Waals surface area contributed by atoms with Gasteiger partial charge in [-0.15, -0.1) is 0 Å². The maximum absolute atomic E-state index is 12.5. The number of imidazole rings is 1. The molecule has 0 saturated carbocycles. The smallest absolute Gasteiger partial charge is 0.289 e. The first-order chi connectivity index (χ1) is 11.6. The molecule has 8 heteroatoms. The van der Waals surface area contributed by atoms with Gasteiger partial charge in [-0.3, -0.25) is 14.3 Å². The normalized spacial score (nSPS) is 16.7. The highest BCUT2D eigenvalue weighted by Gasteiger charge is 2.24. The van der Waals surface area contributed by atoms with Crippen molar-refractivity contribution in [2.24, 2.45) is 0 Å². The van der Waals surface area contributed by atoms with Crippen LogP contribution >= 0.6 is 0 Å². The van der Waals surface area contributed by atoms with Crippen LogP contribution in [-0.4, -0.2) is 67.5 Å². The van der Waals surface area contributed by atoms with Gasteiger partial charge in [-0.25, -0.2) is 4.98 Å². The Balaban J connectivity index is 1.55. The van der Waals surface area contributed by atoms with Crippen LogP contribution < -0.4 is 0 Å². The molecule has 8 nitrogen and oxygen atoms in total. The molecule has 1 atom stereocenters. The summed E-state index contributed by atoms with van der Waals surface area (Å²) in [6.07, 6.45) is 7.96. The number of nitrogens with zero attached hydrogens (tertiary/aromatic N) is 5. The summed E-state index contributed by atoms with van der Waals surface area (Å²) in [4.78, 5) is 35.3. The predicted octanol–water partition coefficient (Wildman–Crippen LogP) is 0.932. The van der Waals surface area contributed by atoms with Crippen molar-refractivity contribution in [3.8, 4) is 0 Å². The lowest BCUT2D eigenvalue weighted by molar-refractivity contribution is -0.131. The average Bonchev–Trinajstić information content (AvgIpc) is 3.24. The number of aromatic nitrogens is 4. The van der Waals surface area contributed by atoms with Crippen molar-refractivity contribution in [2.75, 3.05) is 26.2 Å². The highest BCUT2D eigenvalue weighted by molar-refractivity contribution is 5.90. The Labute approximate surface area is 140 Å². The summed E-state index contributed by atoms with van der Waals surface area (Å²) in [6.45, 7) is 4.37. The summed E-state index contributed by atoms with van der Waals surface area (Å²) in [6, 6.07) is 1.88. The quantitative estimate of drug-likeness (QED) is 0.903. The molecule has 3 rings (SSSR count). The number of carbonyl (C=O) groups excluding carboxylic acids is 2. The van der Waals surface area contributed by atoms with Gasteiger partial charge in [0.05, 0.1) is 6.04 Å². The van der Waals surface area contributed by atoms with E-state index in [9.17, 15) is 9.59 Å². The van der Waals surface area contributed by atoms with Gasteiger partial charge in [-0.2, -0.15) is 5.10 Å². The number of aromatic amines is 1. The van der Waals surface area contributed by atoms with E-state index >= 15 is 0 Å². The van der Waals surface area contributed by atoms with E-state index in [1.54, 1.807) is 28.2 Å². The molecular weight excluding hydrogens is 308 g/mol. The van der Waals surface area contributed by atoms with Crippen molar-refractivity contribution in [3.05, 3.63) is 36.7 Å². The van der Waals surface area contributed by atoms with Crippen LogP contribution in [0.2, 0.25) is 0 Å². The van der Waals surface area contributed by atoms with Crippen LogP contribution in [0.3, 0.4) is 0 Å². The molecule has 1 unspecified atom stereocenters. The predicted molar refractivity (Wildman–Crippen MR) is 87.2 cm³/mol. The van der Waals surface area contributed by atoms with Crippen molar-refractivity contribution >= 4 is 11.8 Å². The van der Waals surface area contributed by atoms with Crippen molar-refractivity contribution in [1.82, 2.24) is 29.5 Å². The second kappa shape index (κ2) is 7.29. The van der Waals surface area contributed by atoms with Crippen molar-refractivity contribution < 1.29 is 9.59 Å². The topological polar surface area (TPSA) is 87.1 Å². The molecule has 3 heterocycles. The zero-order valence-corrected chi connectivity index (χ0v) is 13.8. The second-order valence-electron chi connectivity index (χ2n) is 6.00. The van der Waals surface area contributed by atoms with Gasteiger partial charge < -0.3 is 14.8 Å². The number of rotatable bonds is 4. The van der Waals surface area contributed by atoms with Gasteiger partial charge in [0.1, 0.15) is 0 Å². The third kappa shape index (κ3) is 3.64. The lowest BCUT2D eigenvalue weighted by atomic mass is 10.2. The molecule has 24 heavy (non-hydrogen) atoms. The maximum atomic E-state index is 12.5. The number of hydrogen-bond acceptors (Lipinski definition) is 4. The molecule has 2 aromatic rings. The summed E-state index contributed by atoms with van der Waals surface area (Å²) >= 11 is 0. The van der Waals surface area contributed by atoms with Crippen LogP contribution in [0.25, 0.3) is 0 Å². The molecule has 1 N–H and O–H groups in total. The van der Waals surface area contributed by atoms with E-state index in [0.717, 1.165) is 6.42 Å². The third-order valence-electron chi connectivity index (χ3n) is 4.28. The van der Waals surface area contributed by atoms with E-state index in [0.29, 0.717) is 38.4 Å². The first-order valence-corrected chi connectivity index (χ1v) is 8.20. The number of hydrogen-bond donors (Lipinski definition) is 1. The van der Waals surface area contributed by atoms with Gasteiger partial charge in [0.25, 0.3) is 5.91 Å². The van der Waals surface area contributed by atoms with Gasteiger partial charge in [0.2, 0.25) is 5.91 Å². The van der Waals surface area contributed by atoms with Crippen LogP contribution in [0.15, 0.2) is 30.9 Å². The fourth-order valence-corrected chi connectivity index (χ4v) is 2.92. The van der Waals surface area contributed by atoms with Crippen LogP contribution in [0.1, 0.15) is 36.4 Å². The lowest BCUT2D eigenvalue weighted by Crippen LogP contribution is -2.38. The van der Waals surface area contributed by atoms with Crippen LogP contribution in [-0.2, 0) is 4.79 Å². The average molecular weight is 330 g/mol. The van der Waals surface area contributed by atoms with Crippen LogP contribution in [0.5, 0.6) is 0 Å². The van der Waals surface area contributed by atoms with Crippen LogP contribution in [0, 0.1) is 0 Å². The van der Waals surface area contributed by atoms with E-state index < -0.39 is 0 Å². The summed E-state index contributed by atoms with van der Waals surface area (Å²) in [5.74, 6) is 0.339. The van der Waals surface area contributed by atoms with E-state index in [-0.39, 0.29) is 17.9 Å². The Hall–Kier alpha value is -2.64. The van der Waals surface area contributed by atoms with E-state index in [1.807, 2.05) is 24.1 Å². The first-order valence-electron chi connectivity index (χ1n) is 8.20. The molecule has 1 aliphatic rings. The molecule has 2 aromatic heterocycles. The SMILES string of the molecule is CC(CC(=O)N1CCCN(C(=O)c2ncc[nH]2)CC1)n1cccn1. The Morgan fingerprint density at radius 2 is 2.00 bits per heavy atom. The zero-order chi connectivity index (χ0) is 16.9. The Morgan fingerprint density at radius 3 is 2.71 bits per heavy atom. The van der Waals surface area contributed by atoms with Crippen molar-refractivity contribution in [2.45, 2.75) is 25.8 Å². The van der Waals surface area contributed by atoms with Gasteiger partial charge in [-0.1, -0.05) is 0 Å². The molecule has 1 aliphatic heterocycles. The summed E-state index contributed by atoms with van der Waals surface area (Å²) < 4.78 is 1.79.